The van der Waals surface area contributed by atoms with E-state index in [1.807, 2.05) is 37.3 Å². The van der Waals surface area contributed by atoms with Gasteiger partial charge in [0.1, 0.15) is 5.56 Å². The highest BCUT2D eigenvalue weighted by molar-refractivity contribution is 5.93. The molecule has 1 aromatic carbocycles. The molecule has 0 spiro atoms. The Morgan fingerprint density at radius 2 is 1.89 bits per heavy atom. The van der Waals surface area contributed by atoms with Crippen LogP contribution in [0.4, 0.5) is 0 Å². The van der Waals surface area contributed by atoms with Gasteiger partial charge in [0.25, 0.3) is 5.91 Å². The Labute approximate surface area is 111 Å². The highest BCUT2D eigenvalue weighted by Gasteiger charge is 2.20. The Morgan fingerprint density at radius 3 is 2.53 bits per heavy atom. The Balaban J connectivity index is 2.25. The average Bonchev–Trinajstić information content (AvgIpc) is 2.46. The van der Waals surface area contributed by atoms with E-state index < -0.39 is 0 Å². The van der Waals surface area contributed by atoms with Gasteiger partial charge in [0.05, 0.1) is 6.04 Å². The van der Waals surface area contributed by atoms with Crippen LogP contribution in [0, 0.1) is 0 Å². The second-order valence-corrected chi connectivity index (χ2v) is 4.42. The molecule has 0 fully saturated rings. The second-order valence-electron chi connectivity index (χ2n) is 4.42. The molecule has 1 amide bonds. The van der Waals surface area contributed by atoms with E-state index in [2.05, 4.69) is 4.98 Å². The van der Waals surface area contributed by atoms with Crippen molar-refractivity contribution in [3.63, 3.8) is 0 Å². The van der Waals surface area contributed by atoms with Crippen LogP contribution >= 0.6 is 0 Å². The van der Waals surface area contributed by atoms with Crippen LogP contribution in [-0.4, -0.2) is 22.8 Å². The molecule has 0 saturated carbocycles. The van der Waals surface area contributed by atoms with Gasteiger partial charge >= 0.3 is 0 Å². The van der Waals surface area contributed by atoms with Crippen molar-refractivity contribution in [2.24, 2.45) is 0 Å². The maximum atomic E-state index is 12.3. The van der Waals surface area contributed by atoms with Crippen LogP contribution < -0.4 is 5.43 Å². The van der Waals surface area contributed by atoms with E-state index in [-0.39, 0.29) is 22.9 Å². The number of amides is 1. The molecule has 1 N–H and O–H groups in total. The van der Waals surface area contributed by atoms with Crippen LogP contribution in [0.25, 0.3) is 0 Å². The number of aromatic nitrogens is 1. The molecule has 1 unspecified atom stereocenters. The first kappa shape index (κ1) is 13.1. The summed E-state index contributed by atoms with van der Waals surface area (Å²) in [6, 6.07) is 11.0. The standard InChI is InChI=1S/C15H16N2O2/c1-11(12-6-4-3-5-7-12)17(2)15(19)13-10-16-9-8-14(13)18/h3-11H,1-2H3,(H,16,18). The van der Waals surface area contributed by atoms with Crippen molar-refractivity contribution in [2.45, 2.75) is 13.0 Å². The van der Waals surface area contributed by atoms with Crippen LogP contribution in [0.15, 0.2) is 53.6 Å². The number of nitrogens with one attached hydrogen (secondary N) is 1. The first-order chi connectivity index (χ1) is 9.11. The molecule has 4 heteroatoms. The van der Waals surface area contributed by atoms with Gasteiger partial charge in [0.15, 0.2) is 5.43 Å². The van der Waals surface area contributed by atoms with Crippen molar-refractivity contribution in [2.75, 3.05) is 7.05 Å². The SMILES string of the molecule is CC(c1ccccc1)N(C)C(=O)c1c[nH]ccc1=O. The van der Waals surface area contributed by atoms with Gasteiger partial charge in [0, 0.05) is 25.5 Å². The molecule has 0 saturated heterocycles. The number of hydrogen-bond acceptors (Lipinski definition) is 2. The molecule has 19 heavy (non-hydrogen) atoms. The highest BCUT2D eigenvalue weighted by Crippen LogP contribution is 2.19. The topological polar surface area (TPSA) is 53.2 Å². The van der Waals surface area contributed by atoms with Gasteiger partial charge < -0.3 is 9.88 Å². The number of carbonyl (C=O) groups excluding carboxylic acids is 1. The fourth-order valence-electron chi connectivity index (χ4n) is 1.90. The number of rotatable bonds is 3. The summed E-state index contributed by atoms with van der Waals surface area (Å²) < 4.78 is 0. The molecule has 2 aromatic rings. The number of benzene rings is 1. The predicted octanol–water partition coefficient (Wildman–Crippen LogP) is 2.21. The Bertz CT molecular complexity index is 619. The van der Waals surface area contributed by atoms with Crippen LogP contribution in [0.5, 0.6) is 0 Å². The maximum Gasteiger partial charge on any atom is 0.259 e. The zero-order valence-electron chi connectivity index (χ0n) is 11.0. The normalized spacial score (nSPS) is 11.9. The third-order valence-electron chi connectivity index (χ3n) is 3.24. The number of carbonyl (C=O) groups is 1. The summed E-state index contributed by atoms with van der Waals surface area (Å²) in [6.45, 7) is 1.93. The molecular formula is C15H16N2O2. The van der Waals surface area contributed by atoms with Crippen LogP contribution in [0.2, 0.25) is 0 Å². The van der Waals surface area contributed by atoms with E-state index >= 15 is 0 Å². The van der Waals surface area contributed by atoms with E-state index in [1.54, 1.807) is 11.9 Å². The molecule has 0 aliphatic rings. The van der Waals surface area contributed by atoms with E-state index in [4.69, 9.17) is 0 Å². The predicted molar refractivity (Wildman–Crippen MR) is 74.0 cm³/mol. The molecule has 0 aliphatic heterocycles. The molecule has 1 heterocycles. The van der Waals surface area contributed by atoms with Crippen molar-refractivity contribution in [3.05, 3.63) is 70.1 Å². The zero-order chi connectivity index (χ0) is 13.8. The van der Waals surface area contributed by atoms with Gasteiger partial charge in [-0.25, -0.2) is 0 Å². The third kappa shape index (κ3) is 2.73. The number of nitrogens with zero attached hydrogens (tertiary/aromatic N) is 1. The van der Waals surface area contributed by atoms with Crippen molar-refractivity contribution < 1.29 is 4.79 Å². The van der Waals surface area contributed by atoms with Gasteiger partial charge in [0.2, 0.25) is 0 Å². The van der Waals surface area contributed by atoms with Gasteiger partial charge in [-0.3, -0.25) is 9.59 Å². The van der Waals surface area contributed by atoms with Gasteiger partial charge in [-0.05, 0) is 12.5 Å². The lowest BCUT2D eigenvalue weighted by Gasteiger charge is -2.25. The summed E-state index contributed by atoms with van der Waals surface area (Å²) in [4.78, 5) is 28.3. The molecule has 0 radical (unpaired) electrons. The Morgan fingerprint density at radius 1 is 1.21 bits per heavy atom. The average molecular weight is 256 g/mol. The monoisotopic (exact) mass is 256 g/mol. The lowest BCUT2D eigenvalue weighted by molar-refractivity contribution is 0.0741. The number of pyridine rings is 1. The molecular weight excluding hydrogens is 240 g/mol. The zero-order valence-corrected chi connectivity index (χ0v) is 11.0. The van der Waals surface area contributed by atoms with Crippen molar-refractivity contribution >= 4 is 5.91 Å². The van der Waals surface area contributed by atoms with Crippen LogP contribution in [-0.2, 0) is 0 Å². The quantitative estimate of drug-likeness (QED) is 0.915. The van der Waals surface area contributed by atoms with Crippen molar-refractivity contribution in [3.8, 4) is 0 Å². The van der Waals surface area contributed by atoms with E-state index in [0.717, 1.165) is 5.56 Å². The van der Waals surface area contributed by atoms with E-state index in [1.165, 1.54) is 18.5 Å². The molecule has 1 aromatic heterocycles. The summed E-state index contributed by atoms with van der Waals surface area (Å²) in [5, 5.41) is 0. The molecule has 4 nitrogen and oxygen atoms in total. The van der Waals surface area contributed by atoms with Crippen LogP contribution in [0.3, 0.4) is 0 Å². The van der Waals surface area contributed by atoms with E-state index in [0.29, 0.717) is 0 Å². The lowest BCUT2D eigenvalue weighted by Crippen LogP contribution is -2.32. The molecule has 98 valence electrons. The largest absolute Gasteiger partial charge is 0.367 e. The van der Waals surface area contributed by atoms with Crippen molar-refractivity contribution in [1.82, 2.24) is 9.88 Å². The highest BCUT2D eigenvalue weighted by atomic mass is 16.2. The summed E-state index contributed by atoms with van der Waals surface area (Å²) in [6.07, 6.45) is 2.96. The number of H-pyrrole nitrogens is 1. The molecule has 0 aliphatic carbocycles. The minimum atomic E-state index is -0.279. The van der Waals surface area contributed by atoms with Gasteiger partial charge in [-0.2, -0.15) is 0 Å². The minimum absolute atomic E-state index is 0.0895. The number of hydrogen-bond donors (Lipinski definition) is 1. The number of aromatic amines is 1. The summed E-state index contributed by atoms with van der Waals surface area (Å²) in [5.41, 5.74) is 0.925. The van der Waals surface area contributed by atoms with Gasteiger partial charge in [-0.1, -0.05) is 30.3 Å². The Kier molecular flexibility index (Phi) is 3.80. The van der Waals surface area contributed by atoms with Crippen molar-refractivity contribution in [1.29, 1.82) is 0 Å². The summed E-state index contributed by atoms with van der Waals surface area (Å²) in [5.74, 6) is -0.279. The minimum Gasteiger partial charge on any atom is -0.367 e. The molecule has 2 rings (SSSR count). The summed E-state index contributed by atoms with van der Waals surface area (Å²) in [7, 11) is 1.70. The third-order valence-corrected chi connectivity index (χ3v) is 3.24. The first-order valence-corrected chi connectivity index (χ1v) is 6.10. The second kappa shape index (κ2) is 5.52. The molecule has 0 bridgehead atoms. The lowest BCUT2D eigenvalue weighted by atomic mass is 10.1. The smallest absolute Gasteiger partial charge is 0.259 e. The first-order valence-electron chi connectivity index (χ1n) is 6.10. The van der Waals surface area contributed by atoms with E-state index in [9.17, 15) is 9.59 Å². The maximum absolute atomic E-state index is 12.3. The summed E-state index contributed by atoms with van der Waals surface area (Å²) >= 11 is 0. The fraction of sp³-hybridized carbons (Fsp3) is 0.200. The molecule has 1 atom stereocenters. The Hall–Kier alpha value is -2.36. The fourth-order valence-corrected chi connectivity index (χ4v) is 1.90. The van der Waals surface area contributed by atoms with Gasteiger partial charge in [-0.15, -0.1) is 0 Å². The van der Waals surface area contributed by atoms with Crippen LogP contribution in [0.1, 0.15) is 28.9 Å².